The SMILES string of the molecule is Cc1ccc(NC(=O)COc2ccccc2/C=N\NC(=O)C(=O)Nc2c(C)cccc2C)cc1. The van der Waals surface area contributed by atoms with Gasteiger partial charge in [0, 0.05) is 16.9 Å². The van der Waals surface area contributed by atoms with E-state index in [4.69, 9.17) is 4.74 Å². The van der Waals surface area contributed by atoms with Crippen molar-refractivity contribution in [1.29, 1.82) is 0 Å². The van der Waals surface area contributed by atoms with Crippen molar-refractivity contribution in [3.05, 3.63) is 89.0 Å². The predicted molar refractivity (Wildman–Crippen MR) is 132 cm³/mol. The molecule has 0 aromatic heterocycles. The molecule has 0 atom stereocenters. The smallest absolute Gasteiger partial charge is 0.329 e. The summed E-state index contributed by atoms with van der Waals surface area (Å²) < 4.78 is 5.61. The minimum Gasteiger partial charge on any atom is -0.483 e. The summed E-state index contributed by atoms with van der Waals surface area (Å²) in [6, 6.07) is 19.9. The molecule has 8 heteroatoms. The Balaban J connectivity index is 1.55. The molecular weight excluding hydrogens is 432 g/mol. The van der Waals surface area contributed by atoms with E-state index in [0.29, 0.717) is 22.7 Å². The zero-order valence-electron chi connectivity index (χ0n) is 19.2. The van der Waals surface area contributed by atoms with Gasteiger partial charge in [-0.2, -0.15) is 5.10 Å². The number of nitrogens with one attached hydrogen (secondary N) is 3. The lowest BCUT2D eigenvalue weighted by molar-refractivity contribution is -0.136. The molecule has 0 aliphatic rings. The fourth-order valence-corrected chi connectivity index (χ4v) is 3.09. The number of anilines is 2. The van der Waals surface area contributed by atoms with E-state index in [1.54, 1.807) is 24.3 Å². The highest BCUT2D eigenvalue weighted by Gasteiger charge is 2.15. The van der Waals surface area contributed by atoms with Crippen molar-refractivity contribution < 1.29 is 19.1 Å². The van der Waals surface area contributed by atoms with Gasteiger partial charge in [0.15, 0.2) is 6.61 Å². The number of aryl methyl sites for hydroxylation is 3. The van der Waals surface area contributed by atoms with Crippen molar-refractivity contribution >= 4 is 35.3 Å². The highest BCUT2D eigenvalue weighted by atomic mass is 16.5. The summed E-state index contributed by atoms with van der Waals surface area (Å²) in [6.45, 7) is 5.45. The summed E-state index contributed by atoms with van der Waals surface area (Å²) >= 11 is 0. The fraction of sp³-hybridized carbons (Fsp3) is 0.154. The van der Waals surface area contributed by atoms with E-state index in [-0.39, 0.29) is 12.5 Å². The number of nitrogens with zero attached hydrogens (tertiary/aromatic N) is 1. The van der Waals surface area contributed by atoms with E-state index in [2.05, 4.69) is 21.2 Å². The van der Waals surface area contributed by atoms with Crippen molar-refractivity contribution in [2.75, 3.05) is 17.2 Å². The number of hydrazone groups is 1. The van der Waals surface area contributed by atoms with Gasteiger partial charge in [-0.25, -0.2) is 5.43 Å². The number of rotatable bonds is 7. The van der Waals surface area contributed by atoms with Crippen molar-refractivity contribution in [3.63, 3.8) is 0 Å². The van der Waals surface area contributed by atoms with E-state index < -0.39 is 11.8 Å². The average Bonchev–Trinajstić information content (AvgIpc) is 2.82. The maximum Gasteiger partial charge on any atom is 0.329 e. The molecule has 0 radical (unpaired) electrons. The normalized spacial score (nSPS) is 10.6. The Bertz CT molecular complexity index is 1200. The lowest BCUT2D eigenvalue weighted by Crippen LogP contribution is -2.32. The molecule has 3 rings (SSSR count). The molecule has 3 amide bonds. The highest BCUT2D eigenvalue weighted by molar-refractivity contribution is 6.39. The van der Waals surface area contributed by atoms with Gasteiger partial charge in [0.25, 0.3) is 5.91 Å². The number of hydrogen-bond donors (Lipinski definition) is 3. The van der Waals surface area contributed by atoms with Crippen LogP contribution >= 0.6 is 0 Å². The van der Waals surface area contributed by atoms with Crippen LogP contribution < -0.4 is 20.8 Å². The van der Waals surface area contributed by atoms with Gasteiger partial charge in [-0.15, -0.1) is 0 Å². The molecule has 0 unspecified atom stereocenters. The molecule has 174 valence electrons. The lowest BCUT2D eigenvalue weighted by Gasteiger charge is -2.10. The van der Waals surface area contributed by atoms with Gasteiger partial charge in [-0.3, -0.25) is 14.4 Å². The second kappa shape index (κ2) is 11.4. The molecule has 3 aromatic rings. The molecule has 0 saturated carbocycles. The molecular formula is C26H26N4O4. The molecule has 0 aliphatic heterocycles. The van der Waals surface area contributed by atoms with E-state index in [1.807, 2.05) is 63.2 Å². The Morgan fingerprint density at radius 1 is 0.824 bits per heavy atom. The number of ether oxygens (including phenoxy) is 1. The van der Waals surface area contributed by atoms with Gasteiger partial charge >= 0.3 is 11.8 Å². The van der Waals surface area contributed by atoms with Gasteiger partial charge in [0.2, 0.25) is 0 Å². The molecule has 3 N–H and O–H groups in total. The quantitative estimate of drug-likeness (QED) is 0.285. The number of benzene rings is 3. The summed E-state index contributed by atoms with van der Waals surface area (Å²) in [7, 11) is 0. The van der Waals surface area contributed by atoms with E-state index in [9.17, 15) is 14.4 Å². The van der Waals surface area contributed by atoms with Crippen molar-refractivity contribution in [2.24, 2.45) is 5.10 Å². The topological polar surface area (TPSA) is 109 Å². The molecule has 0 aliphatic carbocycles. The van der Waals surface area contributed by atoms with Gasteiger partial charge < -0.3 is 15.4 Å². The second-order valence-corrected chi connectivity index (χ2v) is 7.66. The van der Waals surface area contributed by atoms with Crippen molar-refractivity contribution in [3.8, 4) is 5.75 Å². The highest BCUT2D eigenvalue weighted by Crippen LogP contribution is 2.19. The third kappa shape index (κ3) is 6.77. The van der Waals surface area contributed by atoms with Crippen LogP contribution in [0.1, 0.15) is 22.3 Å². The summed E-state index contributed by atoms with van der Waals surface area (Å²) in [5, 5.41) is 9.21. The van der Waals surface area contributed by atoms with Crippen LogP contribution in [0.4, 0.5) is 11.4 Å². The maximum absolute atomic E-state index is 12.2. The first-order valence-electron chi connectivity index (χ1n) is 10.6. The number of hydrogen-bond acceptors (Lipinski definition) is 5. The van der Waals surface area contributed by atoms with Crippen LogP contribution in [0.2, 0.25) is 0 Å². The van der Waals surface area contributed by atoms with Gasteiger partial charge in [0.05, 0.1) is 6.21 Å². The molecule has 0 bridgehead atoms. The standard InChI is InChI=1S/C26H26N4O4/c1-17-11-13-21(14-12-17)28-23(31)16-34-22-10-5-4-9-20(22)15-27-30-26(33)25(32)29-24-18(2)7-6-8-19(24)3/h4-15H,16H2,1-3H3,(H,28,31)(H,29,32)(H,30,33)/b27-15-. The molecule has 0 saturated heterocycles. The number of carbonyl (C=O) groups excluding carboxylic acids is 3. The average molecular weight is 459 g/mol. The molecule has 0 heterocycles. The van der Waals surface area contributed by atoms with Crippen LogP contribution in [0, 0.1) is 20.8 Å². The zero-order chi connectivity index (χ0) is 24.5. The van der Waals surface area contributed by atoms with E-state index in [0.717, 1.165) is 16.7 Å². The van der Waals surface area contributed by atoms with E-state index in [1.165, 1.54) is 6.21 Å². The third-order valence-corrected chi connectivity index (χ3v) is 4.91. The third-order valence-electron chi connectivity index (χ3n) is 4.91. The van der Waals surface area contributed by atoms with Gasteiger partial charge in [-0.05, 0) is 56.2 Å². The minimum atomic E-state index is -0.908. The van der Waals surface area contributed by atoms with Crippen molar-refractivity contribution in [2.45, 2.75) is 20.8 Å². The largest absolute Gasteiger partial charge is 0.483 e. The molecule has 3 aromatic carbocycles. The molecule has 0 spiro atoms. The summed E-state index contributed by atoms with van der Waals surface area (Å²) in [5.74, 6) is -1.65. The van der Waals surface area contributed by atoms with E-state index >= 15 is 0 Å². The first-order valence-corrected chi connectivity index (χ1v) is 10.6. The molecule has 34 heavy (non-hydrogen) atoms. The van der Waals surface area contributed by atoms with Gasteiger partial charge in [0.1, 0.15) is 5.75 Å². The predicted octanol–water partition coefficient (Wildman–Crippen LogP) is 3.72. The van der Waals surface area contributed by atoms with Crippen LogP contribution in [0.25, 0.3) is 0 Å². The fourth-order valence-electron chi connectivity index (χ4n) is 3.09. The Morgan fingerprint density at radius 2 is 1.50 bits per heavy atom. The zero-order valence-corrected chi connectivity index (χ0v) is 19.2. The van der Waals surface area contributed by atoms with Crippen LogP contribution in [0.5, 0.6) is 5.75 Å². The Morgan fingerprint density at radius 3 is 2.21 bits per heavy atom. The number of carbonyl (C=O) groups is 3. The lowest BCUT2D eigenvalue weighted by atomic mass is 10.1. The van der Waals surface area contributed by atoms with Crippen LogP contribution in [0.15, 0.2) is 71.8 Å². The van der Waals surface area contributed by atoms with Crippen molar-refractivity contribution in [1.82, 2.24) is 5.43 Å². The van der Waals surface area contributed by atoms with Gasteiger partial charge in [-0.1, -0.05) is 48.0 Å². The summed E-state index contributed by atoms with van der Waals surface area (Å²) in [5.41, 5.74) is 6.79. The number of para-hydroxylation sites is 2. The second-order valence-electron chi connectivity index (χ2n) is 7.66. The van der Waals surface area contributed by atoms with Crippen LogP contribution in [0.3, 0.4) is 0 Å². The van der Waals surface area contributed by atoms with Crippen LogP contribution in [-0.2, 0) is 14.4 Å². The monoisotopic (exact) mass is 458 g/mol. The number of amides is 3. The minimum absolute atomic E-state index is 0.205. The maximum atomic E-state index is 12.2. The molecule has 0 fully saturated rings. The van der Waals surface area contributed by atoms with Crippen LogP contribution in [-0.4, -0.2) is 30.5 Å². The Kier molecular flexibility index (Phi) is 8.12. The summed E-state index contributed by atoms with van der Waals surface area (Å²) in [4.78, 5) is 36.5. The molecule has 8 nitrogen and oxygen atoms in total. The Labute approximate surface area is 198 Å². The first kappa shape index (κ1) is 24.2. The summed E-state index contributed by atoms with van der Waals surface area (Å²) in [6.07, 6.45) is 1.34. The Hall–Kier alpha value is -4.46. The first-order chi connectivity index (χ1) is 16.3.